The second kappa shape index (κ2) is 3.78. The van der Waals surface area contributed by atoms with Crippen molar-refractivity contribution in [1.82, 2.24) is 4.98 Å². The molecule has 0 radical (unpaired) electrons. The molecule has 1 atom stereocenters. The van der Waals surface area contributed by atoms with E-state index in [1.165, 1.54) is 0 Å². The van der Waals surface area contributed by atoms with Crippen LogP contribution in [-0.4, -0.2) is 13.7 Å². The lowest BCUT2D eigenvalue weighted by atomic mass is 10.2. The van der Waals surface area contributed by atoms with Gasteiger partial charge in [-0.2, -0.15) is 0 Å². The Kier molecular flexibility index (Phi) is 2.94. The summed E-state index contributed by atoms with van der Waals surface area (Å²) in [6, 6.07) is 3.68. The van der Waals surface area contributed by atoms with Gasteiger partial charge in [0, 0.05) is 5.69 Å². The van der Waals surface area contributed by atoms with Crippen LogP contribution in [0.5, 0.6) is 0 Å². The van der Waals surface area contributed by atoms with Crippen molar-refractivity contribution in [2.45, 2.75) is 19.6 Å². The minimum absolute atomic E-state index is 0.112. The van der Waals surface area contributed by atoms with Gasteiger partial charge in [-0.3, -0.25) is 4.98 Å². The predicted octanol–water partition coefficient (Wildman–Crippen LogP) is 1.42. The number of aromatic nitrogens is 1. The van der Waals surface area contributed by atoms with Crippen LogP contribution in [0.15, 0.2) is 12.1 Å². The largest absolute Gasteiger partial charge is 0.306 e. The van der Waals surface area contributed by atoms with Gasteiger partial charge in [-0.1, -0.05) is 6.07 Å². The summed E-state index contributed by atoms with van der Waals surface area (Å²) >= 11 is -1.79. The van der Waals surface area contributed by atoms with E-state index in [4.69, 9.17) is 4.55 Å². The van der Waals surface area contributed by atoms with Gasteiger partial charge in [0.1, 0.15) is 0 Å². The molecule has 0 bridgehead atoms. The molecule has 0 fully saturated rings. The van der Waals surface area contributed by atoms with Crippen LogP contribution in [0.2, 0.25) is 0 Å². The Morgan fingerprint density at radius 3 is 2.67 bits per heavy atom. The van der Waals surface area contributed by atoms with E-state index in [0.717, 1.165) is 11.3 Å². The lowest BCUT2D eigenvalue weighted by Gasteiger charge is -2.01. The highest BCUT2D eigenvalue weighted by Gasteiger charge is 2.00. The molecule has 1 unspecified atom stereocenters. The first kappa shape index (κ1) is 9.35. The van der Waals surface area contributed by atoms with Crippen LogP contribution >= 0.6 is 0 Å². The topological polar surface area (TPSA) is 50.2 Å². The first-order valence-corrected chi connectivity index (χ1v) is 4.88. The Morgan fingerprint density at radius 1 is 1.50 bits per heavy atom. The van der Waals surface area contributed by atoms with Gasteiger partial charge in [-0.05, 0) is 25.5 Å². The standard InChI is InChI=1S/C8H11NO2S/c1-6-3-4-8(5-12(10)11)9-7(6)2/h3-4H,5H2,1-2H3,(H,10,11). The Hall–Kier alpha value is -0.740. The summed E-state index contributed by atoms with van der Waals surface area (Å²) in [6.45, 7) is 3.85. The quantitative estimate of drug-likeness (QED) is 0.709. The molecule has 1 aromatic heterocycles. The van der Waals surface area contributed by atoms with Crippen molar-refractivity contribution in [3.8, 4) is 0 Å². The normalized spacial score (nSPS) is 12.9. The number of hydrogen-bond donors (Lipinski definition) is 1. The second-order valence-corrected chi connectivity index (χ2v) is 3.60. The molecule has 1 heterocycles. The smallest absolute Gasteiger partial charge is 0.158 e. The van der Waals surface area contributed by atoms with E-state index in [9.17, 15) is 4.21 Å². The van der Waals surface area contributed by atoms with E-state index in [2.05, 4.69) is 4.98 Å². The van der Waals surface area contributed by atoms with Crippen LogP contribution in [-0.2, 0) is 16.8 Å². The zero-order chi connectivity index (χ0) is 9.14. The zero-order valence-electron chi connectivity index (χ0n) is 7.07. The summed E-state index contributed by atoms with van der Waals surface area (Å²) in [6.07, 6.45) is 0. The summed E-state index contributed by atoms with van der Waals surface area (Å²) < 4.78 is 19.0. The highest BCUT2D eigenvalue weighted by molar-refractivity contribution is 7.78. The van der Waals surface area contributed by atoms with Crippen molar-refractivity contribution in [1.29, 1.82) is 0 Å². The second-order valence-electron chi connectivity index (χ2n) is 2.67. The number of nitrogens with zero attached hydrogens (tertiary/aromatic N) is 1. The monoisotopic (exact) mass is 185 g/mol. The van der Waals surface area contributed by atoms with Crippen molar-refractivity contribution in [3.63, 3.8) is 0 Å². The van der Waals surface area contributed by atoms with E-state index in [1.807, 2.05) is 19.9 Å². The molecule has 0 aliphatic rings. The maximum Gasteiger partial charge on any atom is 0.158 e. The van der Waals surface area contributed by atoms with Gasteiger partial charge in [0.05, 0.1) is 11.4 Å². The molecule has 0 aliphatic carbocycles. The zero-order valence-corrected chi connectivity index (χ0v) is 7.89. The van der Waals surface area contributed by atoms with E-state index >= 15 is 0 Å². The number of hydrogen-bond acceptors (Lipinski definition) is 2. The van der Waals surface area contributed by atoms with Crippen molar-refractivity contribution in [3.05, 3.63) is 29.1 Å². The summed E-state index contributed by atoms with van der Waals surface area (Å²) in [5.41, 5.74) is 2.68. The molecule has 1 rings (SSSR count). The summed E-state index contributed by atoms with van der Waals surface area (Å²) in [4.78, 5) is 4.16. The molecular weight excluding hydrogens is 174 g/mol. The number of pyridine rings is 1. The minimum Gasteiger partial charge on any atom is -0.306 e. The molecule has 0 amide bonds. The van der Waals surface area contributed by atoms with E-state index < -0.39 is 11.1 Å². The van der Waals surface area contributed by atoms with Crippen molar-refractivity contribution in [2.24, 2.45) is 0 Å². The fourth-order valence-corrected chi connectivity index (χ4v) is 1.30. The van der Waals surface area contributed by atoms with Crippen LogP contribution in [0.25, 0.3) is 0 Å². The van der Waals surface area contributed by atoms with Crippen molar-refractivity contribution < 1.29 is 8.76 Å². The van der Waals surface area contributed by atoms with Gasteiger partial charge in [-0.25, -0.2) is 4.21 Å². The summed E-state index contributed by atoms with van der Waals surface area (Å²) in [5.74, 6) is 0.112. The lowest BCUT2D eigenvalue weighted by Crippen LogP contribution is -1.98. The molecule has 0 spiro atoms. The summed E-state index contributed by atoms with van der Waals surface area (Å²) in [7, 11) is 0. The SMILES string of the molecule is Cc1ccc(CS(=O)O)nc1C. The maximum atomic E-state index is 10.4. The molecule has 0 saturated carbocycles. The van der Waals surface area contributed by atoms with Crippen LogP contribution in [0.4, 0.5) is 0 Å². The lowest BCUT2D eigenvalue weighted by molar-refractivity contribution is 0.562. The number of aryl methyl sites for hydroxylation is 2. The number of rotatable bonds is 2. The molecule has 3 nitrogen and oxygen atoms in total. The minimum atomic E-state index is -1.79. The van der Waals surface area contributed by atoms with Gasteiger partial charge in [-0.15, -0.1) is 0 Å². The summed E-state index contributed by atoms with van der Waals surface area (Å²) in [5, 5.41) is 0. The third kappa shape index (κ3) is 2.39. The van der Waals surface area contributed by atoms with Gasteiger partial charge >= 0.3 is 0 Å². The fraction of sp³-hybridized carbons (Fsp3) is 0.375. The molecule has 66 valence electrons. The molecule has 12 heavy (non-hydrogen) atoms. The molecule has 0 aliphatic heterocycles. The average molecular weight is 185 g/mol. The maximum absolute atomic E-state index is 10.4. The van der Waals surface area contributed by atoms with Crippen LogP contribution in [0.3, 0.4) is 0 Å². The Bertz CT molecular complexity index is 312. The van der Waals surface area contributed by atoms with Gasteiger partial charge in [0.2, 0.25) is 0 Å². The average Bonchev–Trinajstić information content (AvgIpc) is 1.96. The third-order valence-corrected chi connectivity index (χ3v) is 2.22. The predicted molar refractivity (Wildman–Crippen MR) is 48.2 cm³/mol. The Labute approximate surface area is 74.1 Å². The van der Waals surface area contributed by atoms with Gasteiger partial charge in [0.25, 0.3) is 0 Å². The highest BCUT2D eigenvalue weighted by Crippen LogP contribution is 2.06. The molecule has 0 saturated heterocycles. The first-order chi connectivity index (χ1) is 5.59. The van der Waals surface area contributed by atoms with E-state index in [0.29, 0.717) is 5.69 Å². The van der Waals surface area contributed by atoms with Crippen LogP contribution < -0.4 is 0 Å². The fourth-order valence-electron chi connectivity index (χ4n) is 0.890. The molecule has 4 heteroatoms. The third-order valence-electron chi connectivity index (χ3n) is 1.68. The highest BCUT2D eigenvalue weighted by atomic mass is 32.2. The molecule has 1 N–H and O–H groups in total. The van der Waals surface area contributed by atoms with Gasteiger partial charge in [0.15, 0.2) is 11.1 Å². The van der Waals surface area contributed by atoms with Crippen LogP contribution in [0, 0.1) is 13.8 Å². The van der Waals surface area contributed by atoms with Crippen molar-refractivity contribution in [2.75, 3.05) is 0 Å². The first-order valence-electron chi connectivity index (χ1n) is 3.60. The van der Waals surface area contributed by atoms with E-state index in [1.54, 1.807) is 6.07 Å². The molecule has 0 aromatic carbocycles. The molecule has 1 aromatic rings. The van der Waals surface area contributed by atoms with Crippen LogP contribution in [0.1, 0.15) is 17.0 Å². The van der Waals surface area contributed by atoms with Gasteiger partial charge < -0.3 is 4.55 Å². The molecular formula is C8H11NO2S. The van der Waals surface area contributed by atoms with E-state index in [-0.39, 0.29) is 5.75 Å². The van der Waals surface area contributed by atoms with Crippen molar-refractivity contribution >= 4 is 11.1 Å². The Balaban J connectivity index is 2.89. The Morgan fingerprint density at radius 2 is 2.17 bits per heavy atom.